The molecule has 66 valence electrons. The summed E-state index contributed by atoms with van der Waals surface area (Å²) in [5.41, 5.74) is 5.21. The quantitative estimate of drug-likeness (QED) is 0.358. The summed E-state index contributed by atoms with van der Waals surface area (Å²) in [6.45, 7) is 0. The molecular formula is C6H6ClNO3S. The predicted octanol–water partition coefficient (Wildman–Crippen LogP) is 0.598. The van der Waals surface area contributed by atoms with E-state index in [2.05, 4.69) is 0 Å². The van der Waals surface area contributed by atoms with Crippen molar-refractivity contribution < 1.29 is 13.5 Å². The maximum absolute atomic E-state index is 10.5. The summed E-state index contributed by atoms with van der Waals surface area (Å²) in [6.07, 6.45) is 0. The van der Waals surface area contributed by atoms with Gasteiger partial charge in [-0.15, -0.1) is 0 Å². The third-order valence-corrected chi connectivity index (χ3v) is 2.26. The average molecular weight is 208 g/mol. The monoisotopic (exact) mass is 207 g/mol. The number of benzene rings is 1. The molecule has 0 bridgehead atoms. The van der Waals surface area contributed by atoms with Crippen LogP contribution < -0.4 is 5.73 Å². The Morgan fingerprint density at radius 2 is 2.00 bits per heavy atom. The topological polar surface area (TPSA) is 80.4 Å². The maximum atomic E-state index is 10.5. The van der Waals surface area contributed by atoms with Crippen molar-refractivity contribution in [3.05, 3.63) is 17.2 Å². The highest BCUT2D eigenvalue weighted by atomic mass is 35.5. The molecule has 0 spiro atoms. The minimum absolute atomic E-state index is 0.00898. The molecule has 0 saturated heterocycles. The molecule has 0 aliphatic carbocycles. The number of anilines is 1. The molecule has 3 N–H and O–H groups in total. The molecule has 12 heavy (non-hydrogen) atoms. The number of hydrogen-bond acceptors (Lipinski definition) is 4. The van der Waals surface area contributed by atoms with Gasteiger partial charge in [0.25, 0.3) is 0 Å². The van der Waals surface area contributed by atoms with Crippen molar-refractivity contribution in [3.63, 3.8) is 0 Å². The number of rotatable bonds is 1. The van der Waals surface area contributed by atoms with Crippen molar-refractivity contribution in [1.82, 2.24) is 0 Å². The Morgan fingerprint density at radius 1 is 1.42 bits per heavy atom. The Balaban J connectivity index is 3.40. The lowest BCUT2D eigenvalue weighted by molar-refractivity contribution is 0.478. The Morgan fingerprint density at radius 3 is 2.42 bits per heavy atom. The van der Waals surface area contributed by atoms with E-state index in [0.717, 1.165) is 12.1 Å². The zero-order valence-corrected chi connectivity index (χ0v) is 7.47. The first kappa shape index (κ1) is 9.15. The van der Waals surface area contributed by atoms with Gasteiger partial charge in [-0.25, -0.2) is 8.42 Å². The second-order valence-corrected chi connectivity index (χ2v) is 3.56. The van der Waals surface area contributed by atoms with Crippen molar-refractivity contribution in [2.75, 3.05) is 5.73 Å². The number of nitrogen functional groups attached to an aromatic ring is 1. The third kappa shape index (κ3) is 1.62. The molecule has 1 rings (SSSR count). The van der Waals surface area contributed by atoms with E-state index in [4.69, 9.17) is 22.4 Å². The van der Waals surface area contributed by atoms with Crippen LogP contribution in [0.3, 0.4) is 0 Å². The van der Waals surface area contributed by atoms with Gasteiger partial charge in [-0.1, -0.05) is 11.6 Å². The van der Waals surface area contributed by atoms with E-state index in [1.165, 1.54) is 0 Å². The minimum Gasteiger partial charge on any atom is -0.504 e. The van der Waals surface area contributed by atoms with E-state index < -0.39 is 10.7 Å². The molecule has 0 heterocycles. The van der Waals surface area contributed by atoms with E-state index >= 15 is 0 Å². The maximum Gasteiger partial charge on any atom is 0.168 e. The summed E-state index contributed by atoms with van der Waals surface area (Å²) in [7, 11) is -2.72. The average Bonchev–Trinajstić information content (AvgIpc) is 1.99. The van der Waals surface area contributed by atoms with E-state index in [9.17, 15) is 8.42 Å². The molecule has 0 amide bonds. The second kappa shape index (κ2) is 3.20. The number of halogens is 1. The molecule has 0 aromatic heterocycles. The SMILES string of the molecule is Nc1cc([SH](=O)=O)cc(Cl)c1O. The van der Waals surface area contributed by atoms with Crippen molar-refractivity contribution in [2.45, 2.75) is 4.90 Å². The van der Waals surface area contributed by atoms with Gasteiger partial charge in [-0.3, -0.25) is 0 Å². The van der Waals surface area contributed by atoms with Crippen LogP contribution >= 0.6 is 11.6 Å². The number of hydrogen-bond donors (Lipinski definition) is 3. The number of thiol groups is 1. The van der Waals surface area contributed by atoms with Crippen LogP contribution in [0.5, 0.6) is 5.75 Å². The fourth-order valence-corrected chi connectivity index (χ4v) is 1.49. The van der Waals surface area contributed by atoms with E-state index in [1.54, 1.807) is 0 Å². The van der Waals surface area contributed by atoms with Gasteiger partial charge < -0.3 is 10.8 Å². The predicted molar refractivity (Wildman–Crippen MR) is 46.1 cm³/mol. The van der Waals surface area contributed by atoms with Crippen LogP contribution in [0, 0.1) is 0 Å². The summed E-state index contributed by atoms with van der Waals surface area (Å²) >= 11 is 5.47. The van der Waals surface area contributed by atoms with Crippen molar-refractivity contribution in [3.8, 4) is 5.75 Å². The van der Waals surface area contributed by atoms with Crippen LogP contribution in [0.2, 0.25) is 5.02 Å². The molecule has 6 heteroatoms. The molecule has 0 atom stereocenters. The fourth-order valence-electron chi connectivity index (χ4n) is 0.711. The molecule has 0 saturated carbocycles. The van der Waals surface area contributed by atoms with Gasteiger partial charge in [0.1, 0.15) is 0 Å². The lowest BCUT2D eigenvalue weighted by atomic mass is 10.3. The van der Waals surface area contributed by atoms with Crippen LogP contribution in [0.25, 0.3) is 0 Å². The summed E-state index contributed by atoms with van der Waals surface area (Å²) in [5.74, 6) is -0.294. The standard InChI is InChI=1S/C6H6ClNO3S/c7-4-1-3(12(10)11)2-5(8)6(4)9/h1-2,9,12H,8H2. The van der Waals surface area contributed by atoms with E-state index in [-0.39, 0.29) is 21.4 Å². The van der Waals surface area contributed by atoms with Crippen LogP contribution in [0.1, 0.15) is 0 Å². The number of nitrogens with two attached hydrogens (primary N) is 1. The van der Waals surface area contributed by atoms with Gasteiger partial charge in [-0.2, -0.15) is 0 Å². The fraction of sp³-hybridized carbons (Fsp3) is 0. The number of phenols is 1. The van der Waals surface area contributed by atoms with Crippen LogP contribution in [0.15, 0.2) is 17.0 Å². The van der Waals surface area contributed by atoms with Crippen LogP contribution in [-0.2, 0) is 10.7 Å². The van der Waals surface area contributed by atoms with Gasteiger partial charge in [0.15, 0.2) is 16.5 Å². The van der Waals surface area contributed by atoms with Crippen molar-refractivity contribution in [2.24, 2.45) is 0 Å². The summed E-state index contributed by atoms with van der Waals surface area (Å²) in [5, 5.41) is 8.99. The highest BCUT2D eigenvalue weighted by molar-refractivity contribution is 7.72. The molecule has 0 unspecified atom stereocenters. The molecule has 1 aromatic carbocycles. The molecular weight excluding hydrogens is 202 g/mol. The van der Waals surface area contributed by atoms with Crippen LogP contribution in [-0.4, -0.2) is 13.5 Å². The molecule has 1 aromatic rings. The Hall–Kier alpha value is -0.940. The summed E-state index contributed by atoms with van der Waals surface area (Å²) in [4.78, 5) is -0.00898. The van der Waals surface area contributed by atoms with E-state index in [1.807, 2.05) is 0 Å². The zero-order valence-electron chi connectivity index (χ0n) is 5.82. The molecule has 0 aliphatic heterocycles. The smallest absolute Gasteiger partial charge is 0.168 e. The highest BCUT2D eigenvalue weighted by Gasteiger charge is 2.06. The first-order valence-corrected chi connectivity index (χ1v) is 4.50. The van der Waals surface area contributed by atoms with Gasteiger partial charge >= 0.3 is 0 Å². The third-order valence-electron chi connectivity index (χ3n) is 1.29. The summed E-state index contributed by atoms with van der Waals surface area (Å²) in [6, 6.07) is 2.28. The van der Waals surface area contributed by atoms with Gasteiger partial charge in [0.05, 0.1) is 15.6 Å². The first-order chi connectivity index (χ1) is 5.52. The Bertz CT molecular complexity index is 357. The first-order valence-electron chi connectivity index (χ1n) is 2.94. The minimum atomic E-state index is -2.72. The van der Waals surface area contributed by atoms with Gasteiger partial charge in [0.2, 0.25) is 0 Å². The molecule has 0 aliphatic rings. The van der Waals surface area contributed by atoms with Gasteiger partial charge in [0, 0.05) is 0 Å². The lowest BCUT2D eigenvalue weighted by Crippen LogP contribution is -1.89. The Kier molecular flexibility index (Phi) is 2.44. The molecule has 0 fully saturated rings. The largest absolute Gasteiger partial charge is 0.504 e. The summed E-state index contributed by atoms with van der Waals surface area (Å²) < 4.78 is 20.9. The van der Waals surface area contributed by atoms with Crippen molar-refractivity contribution in [1.29, 1.82) is 0 Å². The van der Waals surface area contributed by atoms with Gasteiger partial charge in [-0.05, 0) is 12.1 Å². The highest BCUT2D eigenvalue weighted by Crippen LogP contribution is 2.31. The zero-order chi connectivity index (χ0) is 9.30. The Labute approximate surface area is 75.5 Å². The molecule has 0 radical (unpaired) electrons. The number of phenolic OH excluding ortho intramolecular Hbond substituents is 1. The van der Waals surface area contributed by atoms with Crippen LogP contribution in [0.4, 0.5) is 5.69 Å². The normalized spacial score (nSPS) is 10.5. The van der Waals surface area contributed by atoms with E-state index in [0.29, 0.717) is 0 Å². The second-order valence-electron chi connectivity index (χ2n) is 2.12. The number of aromatic hydroxyl groups is 1. The van der Waals surface area contributed by atoms with Crippen molar-refractivity contribution >= 4 is 28.0 Å². The lowest BCUT2D eigenvalue weighted by Gasteiger charge is -2.00. The molecule has 4 nitrogen and oxygen atoms in total.